The van der Waals surface area contributed by atoms with Gasteiger partial charge in [0.2, 0.25) is 10.0 Å². The number of halogens is 1. The maximum absolute atomic E-state index is 11.5. The zero-order valence-corrected chi connectivity index (χ0v) is 14.3. The van der Waals surface area contributed by atoms with Crippen LogP contribution in [0.4, 0.5) is 5.69 Å². The molecule has 1 aromatic heterocycles. The maximum Gasteiger partial charge on any atom is 0.238 e. The van der Waals surface area contributed by atoms with Gasteiger partial charge in [-0.2, -0.15) is 0 Å². The number of hydrogen-bond donors (Lipinski definition) is 2. The van der Waals surface area contributed by atoms with Crippen molar-refractivity contribution < 1.29 is 8.42 Å². The molecule has 4 nitrogen and oxygen atoms in total. The highest BCUT2D eigenvalue weighted by Gasteiger charge is 2.12. The van der Waals surface area contributed by atoms with Crippen molar-refractivity contribution in [2.24, 2.45) is 5.14 Å². The van der Waals surface area contributed by atoms with Crippen LogP contribution >= 0.6 is 27.3 Å². The molecule has 0 atom stereocenters. The van der Waals surface area contributed by atoms with Gasteiger partial charge >= 0.3 is 0 Å². The highest BCUT2D eigenvalue weighted by molar-refractivity contribution is 9.11. The molecule has 0 aliphatic carbocycles. The van der Waals surface area contributed by atoms with Crippen molar-refractivity contribution in [3.05, 3.63) is 44.1 Å². The van der Waals surface area contributed by atoms with Crippen molar-refractivity contribution in [2.75, 3.05) is 5.32 Å². The van der Waals surface area contributed by atoms with Crippen LogP contribution in [-0.2, 0) is 16.6 Å². The third kappa shape index (κ3) is 3.60. The summed E-state index contributed by atoms with van der Waals surface area (Å²) in [6, 6.07) is 5.21. The van der Waals surface area contributed by atoms with E-state index in [4.69, 9.17) is 5.14 Å². The second-order valence-electron chi connectivity index (χ2n) is 4.57. The zero-order chi connectivity index (χ0) is 14.9. The van der Waals surface area contributed by atoms with Gasteiger partial charge in [-0.25, -0.2) is 13.6 Å². The Hall–Kier alpha value is -0.890. The molecule has 0 fully saturated rings. The normalized spacial score (nSPS) is 11.6. The number of nitrogens with one attached hydrogen (secondary N) is 1. The van der Waals surface area contributed by atoms with Gasteiger partial charge in [0.1, 0.15) is 0 Å². The number of anilines is 1. The van der Waals surface area contributed by atoms with Crippen LogP contribution in [0.5, 0.6) is 0 Å². The van der Waals surface area contributed by atoms with Gasteiger partial charge in [0.15, 0.2) is 0 Å². The van der Waals surface area contributed by atoms with Crippen molar-refractivity contribution in [3.8, 4) is 0 Å². The monoisotopic (exact) mass is 374 g/mol. The van der Waals surface area contributed by atoms with Gasteiger partial charge in [-0.1, -0.05) is 0 Å². The Bertz CT molecular complexity index is 739. The standard InChI is InChI=1S/C13H15BrN2O2S2/c1-8-3-11(20(15,17)18)5-12(9(8)2)16-6-10-4-13(14)19-7-10/h3-5,7,16H,6H2,1-2H3,(H2,15,17,18). The van der Waals surface area contributed by atoms with Crippen LogP contribution in [0.1, 0.15) is 16.7 Å². The van der Waals surface area contributed by atoms with Crippen molar-refractivity contribution >= 4 is 43.0 Å². The fourth-order valence-corrected chi connectivity index (χ4v) is 3.64. The summed E-state index contributed by atoms with van der Waals surface area (Å²) < 4.78 is 24.0. The molecule has 20 heavy (non-hydrogen) atoms. The van der Waals surface area contributed by atoms with Gasteiger partial charge in [0, 0.05) is 12.2 Å². The Morgan fingerprint density at radius 3 is 2.55 bits per heavy atom. The molecular weight excluding hydrogens is 360 g/mol. The summed E-state index contributed by atoms with van der Waals surface area (Å²) in [7, 11) is -3.69. The van der Waals surface area contributed by atoms with Gasteiger partial charge in [0.25, 0.3) is 0 Å². The molecule has 1 heterocycles. The molecule has 0 aliphatic rings. The predicted molar refractivity (Wildman–Crippen MR) is 86.6 cm³/mol. The minimum absolute atomic E-state index is 0.134. The lowest BCUT2D eigenvalue weighted by Gasteiger charge is -2.13. The molecule has 0 saturated heterocycles. The average molecular weight is 375 g/mol. The molecule has 0 radical (unpaired) electrons. The van der Waals surface area contributed by atoms with Gasteiger partial charge in [-0.15, -0.1) is 11.3 Å². The summed E-state index contributed by atoms with van der Waals surface area (Å²) in [6.07, 6.45) is 0. The lowest BCUT2D eigenvalue weighted by Crippen LogP contribution is -2.13. The second kappa shape index (κ2) is 5.85. The molecule has 0 spiro atoms. The summed E-state index contributed by atoms with van der Waals surface area (Å²) in [6.45, 7) is 4.46. The molecule has 2 rings (SSSR count). The molecular formula is C13H15BrN2O2S2. The van der Waals surface area contributed by atoms with E-state index in [1.165, 1.54) is 0 Å². The molecule has 0 aliphatic heterocycles. The first kappa shape index (κ1) is 15.5. The van der Waals surface area contributed by atoms with E-state index in [1.54, 1.807) is 23.5 Å². The molecule has 0 saturated carbocycles. The minimum atomic E-state index is -3.69. The van der Waals surface area contributed by atoms with Crippen LogP contribution in [0.15, 0.2) is 32.3 Å². The molecule has 0 bridgehead atoms. The first-order valence-electron chi connectivity index (χ1n) is 5.88. The third-order valence-electron chi connectivity index (χ3n) is 3.07. The molecule has 0 amide bonds. The van der Waals surface area contributed by atoms with Crippen molar-refractivity contribution in [1.29, 1.82) is 0 Å². The Morgan fingerprint density at radius 2 is 2.00 bits per heavy atom. The Morgan fingerprint density at radius 1 is 1.30 bits per heavy atom. The first-order valence-corrected chi connectivity index (χ1v) is 9.10. The maximum atomic E-state index is 11.5. The highest BCUT2D eigenvalue weighted by atomic mass is 79.9. The number of thiophene rings is 1. The van der Waals surface area contributed by atoms with E-state index >= 15 is 0 Å². The van der Waals surface area contributed by atoms with E-state index in [0.29, 0.717) is 6.54 Å². The number of nitrogens with two attached hydrogens (primary N) is 1. The molecule has 3 N–H and O–H groups in total. The largest absolute Gasteiger partial charge is 0.381 e. The Labute approximate surface area is 131 Å². The lowest BCUT2D eigenvalue weighted by molar-refractivity contribution is 0.597. The molecule has 7 heteroatoms. The zero-order valence-electron chi connectivity index (χ0n) is 11.1. The third-order valence-corrected chi connectivity index (χ3v) is 5.52. The van der Waals surface area contributed by atoms with Gasteiger partial charge in [0.05, 0.1) is 8.68 Å². The van der Waals surface area contributed by atoms with Crippen LogP contribution in [0.25, 0.3) is 0 Å². The van der Waals surface area contributed by atoms with E-state index in [0.717, 1.165) is 26.2 Å². The predicted octanol–water partition coefficient (Wildman–Crippen LogP) is 3.39. The molecule has 108 valence electrons. The number of hydrogen-bond acceptors (Lipinski definition) is 4. The Kier molecular flexibility index (Phi) is 4.53. The topological polar surface area (TPSA) is 72.2 Å². The smallest absolute Gasteiger partial charge is 0.238 e. The summed E-state index contributed by atoms with van der Waals surface area (Å²) in [5.74, 6) is 0. The van der Waals surface area contributed by atoms with Gasteiger partial charge < -0.3 is 5.32 Å². The number of sulfonamides is 1. The van der Waals surface area contributed by atoms with Crippen LogP contribution in [0.2, 0.25) is 0 Å². The summed E-state index contributed by atoms with van der Waals surface area (Å²) in [4.78, 5) is 0.134. The lowest BCUT2D eigenvalue weighted by atomic mass is 10.1. The van der Waals surface area contributed by atoms with E-state index in [-0.39, 0.29) is 4.90 Å². The SMILES string of the molecule is Cc1cc(S(N)(=O)=O)cc(NCc2csc(Br)c2)c1C. The fraction of sp³-hybridized carbons (Fsp3) is 0.231. The number of benzene rings is 1. The second-order valence-corrected chi connectivity index (χ2v) is 8.42. The first-order chi connectivity index (χ1) is 9.27. The van der Waals surface area contributed by atoms with Crippen molar-refractivity contribution in [3.63, 3.8) is 0 Å². The van der Waals surface area contributed by atoms with E-state index < -0.39 is 10.0 Å². The Balaban J connectivity index is 2.29. The average Bonchev–Trinajstić information content (AvgIpc) is 2.75. The number of aryl methyl sites for hydroxylation is 1. The van der Waals surface area contributed by atoms with E-state index in [9.17, 15) is 8.42 Å². The number of rotatable bonds is 4. The highest BCUT2D eigenvalue weighted by Crippen LogP contribution is 2.25. The van der Waals surface area contributed by atoms with Gasteiger partial charge in [-0.05, 0) is 70.0 Å². The van der Waals surface area contributed by atoms with Crippen LogP contribution in [0.3, 0.4) is 0 Å². The summed E-state index contributed by atoms with van der Waals surface area (Å²) >= 11 is 5.03. The summed E-state index contributed by atoms with van der Waals surface area (Å²) in [5, 5.41) is 10.5. The van der Waals surface area contributed by atoms with Crippen molar-refractivity contribution in [1.82, 2.24) is 0 Å². The molecule has 0 unspecified atom stereocenters. The number of primary sulfonamides is 1. The van der Waals surface area contributed by atoms with Gasteiger partial charge in [-0.3, -0.25) is 0 Å². The molecule has 1 aromatic carbocycles. The molecule has 2 aromatic rings. The quantitative estimate of drug-likeness (QED) is 0.861. The van der Waals surface area contributed by atoms with E-state index in [2.05, 4.69) is 21.2 Å². The fourth-order valence-electron chi connectivity index (χ4n) is 1.81. The van der Waals surface area contributed by atoms with Crippen LogP contribution in [0, 0.1) is 13.8 Å². The van der Waals surface area contributed by atoms with E-state index in [1.807, 2.05) is 25.3 Å². The van der Waals surface area contributed by atoms with Crippen molar-refractivity contribution in [2.45, 2.75) is 25.3 Å². The summed E-state index contributed by atoms with van der Waals surface area (Å²) in [5.41, 5.74) is 3.84. The van der Waals surface area contributed by atoms with Crippen LogP contribution in [-0.4, -0.2) is 8.42 Å². The van der Waals surface area contributed by atoms with Crippen LogP contribution < -0.4 is 10.5 Å². The minimum Gasteiger partial charge on any atom is -0.381 e.